The molecule has 7 heteroatoms. The Balaban J connectivity index is 5.01. The first-order valence-electron chi connectivity index (χ1n) is 6.81. The molecule has 0 aromatic carbocycles. The third-order valence-electron chi connectivity index (χ3n) is 4.51. The van der Waals surface area contributed by atoms with E-state index in [1.54, 1.807) is 0 Å². The van der Waals surface area contributed by atoms with E-state index >= 15 is 0 Å². The van der Waals surface area contributed by atoms with Crippen LogP contribution in [0.3, 0.4) is 0 Å². The molecule has 0 amide bonds. The molecule has 6 nitrogen and oxygen atoms in total. The Morgan fingerprint density at radius 1 is 1.40 bits per heavy atom. The molecule has 0 aliphatic heterocycles. The predicted octanol–water partition coefficient (Wildman–Crippen LogP) is 2.28. The zero-order chi connectivity index (χ0) is 16.1. The highest BCUT2D eigenvalue weighted by Crippen LogP contribution is 2.45. The van der Waals surface area contributed by atoms with Gasteiger partial charge in [0.25, 0.3) is 0 Å². The van der Waals surface area contributed by atoms with Crippen molar-refractivity contribution in [3.8, 4) is 0 Å². The van der Waals surface area contributed by atoms with Crippen LogP contribution in [0.2, 0.25) is 18.1 Å². The fourth-order valence-electron chi connectivity index (χ4n) is 1.82. The number of nitrogens with two attached hydrogens (primary N) is 1. The number of carboxylic acids is 1. The number of oxime groups is 1. The van der Waals surface area contributed by atoms with Crippen molar-refractivity contribution in [3.63, 3.8) is 0 Å². The van der Waals surface area contributed by atoms with Crippen LogP contribution in [0.5, 0.6) is 0 Å². The van der Waals surface area contributed by atoms with Crippen LogP contribution in [0.4, 0.5) is 0 Å². The molecular weight excluding hydrogens is 276 g/mol. The molecule has 0 aromatic rings. The Bertz CT molecular complexity index is 367. The summed E-state index contributed by atoms with van der Waals surface area (Å²) in [6, 6.07) is 0. The van der Waals surface area contributed by atoms with Gasteiger partial charge in [-0.15, -0.1) is 0 Å². The maximum atomic E-state index is 10.9. The number of nitrogens with zero attached hydrogens (tertiary/aromatic N) is 1. The lowest BCUT2D eigenvalue weighted by atomic mass is 9.99. The smallest absolute Gasteiger partial charge is 0.353 e. The second-order valence-electron chi connectivity index (χ2n) is 6.42. The van der Waals surface area contributed by atoms with Crippen LogP contribution in [-0.4, -0.2) is 43.0 Å². The van der Waals surface area contributed by atoms with Crippen molar-refractivity contribution >= 4 is 20.0 Å². The van der Waals surface area contributed by atoms with E-state index in [0.717, 1.165) is 0 Å². The number of rotatable bonds is 8. The molecule has 1 atom stereocenters. The monoisotopic (exact) mass is 304 g/mol. The van der Waals surface area contributed by atoms with Gasteiger partial charge in [-0.1, -0.05) is 32.9 Å². The molecule has 0 rings (SSSR count). The minimum Gasteiger partial charge on any atom is -0.477 e. The SMILES string of the molecule is CC(C)C(C)(C)[Si](C)(C)O[C@@H](CN)C/C(=N\O)C(=O)O. The molecule has 0 bridgehead atoms. The van der Waals surface area contributed by atoms with Gasteiger partial charge in [-0.2, -0.15) is 0 Å². The van der Waals surface area contributed by atoms with Gasteiger partial charge in [-0.05, 0) is 24.1 Å². The standard InChI is InChI=1S/C13H28N2O4Si/c1-9(2)13(3,4)20(5,6)19-10(8-14)7-11(15-18)12(16)17/h9-10,18H,7-8,14H2,1-6H3,(H,16,17)/b15-11+/t10-/m1/s1. The molecule has 4 N–H and O–H groups in total. The topological polar surface area (TPSA) is 105 Å². The summed E-state index contributed by atoms with van der Waals surface area (Å²) in [7, 11) is -2.10. The fourth-order valence-corrected chi connectivity index (χ4v) is 4.53. The van der Waals surface area contributed by atoms with E-state index in [9.17, 15) is 4.79 Å². The first kappa shape index (κ1) is 19.1. The normalized spacial score (nSPS) is 15.5. The lowest BCUT2D eigenvalue weighted by molar-refractivity contribution is -0.129. The summed E-state index contributed by atoms with van der Waals surface area (Å²) in [4.78, 5) is 10.9. The van der Waals surface area contributed by atoms with Crippen LogP contribution in [0.1, 0.15) is 34.1 Å². The van der Waals surface area contributed by atoms with Gasteiger partial charge in [0.15, 0.2) is 14.0 Å². The molecule has 0 aliphatic rings. The summed E-state index contributed by atoms with van der Waals surface area (Å²) in [5.74, 6) is -0.815. The van der Waals surface area contributed by atoms with Gasteiger partial charge in [-0.3, -0.25) is 0 Å². The molecule has 0 unspecified atom stereocenters. The lowest BCUT2D eigenvalue weighted by Crippen LogP contribution is -2.49. The average molecular weight is 304 g/mol. The molecule has 0 saturated carbocycles. The highest BCUT2D eigenvalue weighted by molar-refractivity contribution is 6.74. The Hall–Kier alpha value is -0.923. The fraction of sp³-hybridized carbons (Fsp3) is 0.846. The first-order valence-corrected chi connectivity index (χ1v) is 9.72. The maximum absolute atomic E-state index is 10.9. The van der Waals surface area contributed by atoms with Gasteiger partial charge < -0.3 is 20.5 Å². The number of hydrogen-bond donors (Lipinski definition) is 3. The van der Waals surface area contributed by atoms with Crippen molar-refractivity contribution in [2.75, 3.05) is 6.54 Å². The first-order chi connectivity index (χ1) is 8.99. The maximum Gasteiger partial charge on any atom is 0.353 e. The second-order valence-corrected chi connectivity index (χ2v) is 11.0. The van der Waals surface area contributed by atoms with Gasteiger partial charge >= 0.3 is 5.97 Å². The summed E-state index contributed by atoms with van der Waals surface area (Å²) >= 11 is 0. The van der Waals surface area contributed by atoms with E-state index in [-0.39, 0.29) is 23.7 Å². The summed E-state index contributed by atoms with van der Waals surface area (Å²) < 4.78 is 6.15. The van der Waals surface area contributed by atoms with E-state index in [0.29, 0.717) is 5.92 Å². The zero-order valence-electron chi connectivity index (χ0n) is 13.3. The minimum atomic E-state index is -2.10. The van der Waals surface area contributed by atoms with Crippen LogP contribution in [-0.2, 0) is 9.22 Å². The van der Waals surface area contributed by atoms with Crippen LogP contribution >= 0.6 is 0 Å². The highest BCUT2D eigenvalue weighted by Gasteiger charge is 2.44. The molecule has 118 valence electrons. The molecule has 0 spiro atoms. The molecule has 0 aromatic heterocycles. The van der Waals surface area contributed by atoms with Crippen LogP contribution < -0.4 is 5.73 Å². The number of aliphatic carboxylic acids is 1. The van der Waals surface area contributed by atoms with Crippen LogP contribution in [0.25, 0.3) is 0 Å². The largest absolute Gasteiger partial charge is 0.477 e. The van der Waals surface area contributed by atoms with Gasteiger partial charge in [0.1, 0.15) is 0 Å². The zero-order valence-corrected chi connectivity index (χ0v) is 14.3. The van der Waals surface area contributed by atoms with E-state index in [1.165, 1.54) is 0 Å². The van der Waals surface area contributed by atoms with Crippen molar-refractivity contribution < 1.29 is 19.5 Å². The summed E-state index contributed by atoms with van der Waals surface area (Å²) in [6.07, 6.45) is -0.441. The van der Waals surface area contributed by atoms with Gasteiger partial charge in [0.05, 0.1) is 6.10 Å². The highest BCUT2D eigenvalue weighted by atomic mass is 28.4. The number of carbonyl (C=O) groups is 1. The predicted molar refractivity (Wildman–Crippen MR) is 81.8 cm³/mol. The number of carboxylic acid groups (broad SMARTS) is 1. The van der Waals surface area contributed by atoms with Crippen LogP contribution in [0, 0.1) is 5.92 Å². The van der Waals surface area contributed by atoms with Gasteiger partial charge in [0.2, 0.25) is 0 Å². The molecule has 0 radical (unpaired) electrons. The quantitative estimate of drug-likeness (QED) is 0.276. The summed E-state index contributed by atoms with van der Waals surface area (Å²) in [6.45, 7) is 13.0. The van der Waals surface area contributed by atoms with Crippen LogP contribution in [0.15, 0.2) is 5.16 Å². The summed E-state index contributed by atoms with van der Waals surface area (Å²) in [5, 5.41) is 20.4. The van der Waals surface area contributed by atoms with Crippen molar-refractivity contribution in [1.82, 2.24) is 0 Å². The van der Waals surface area contributed by atoms with E-state index < -0.39 is 20.4 Å². The molecule has 0 saturated heterocycles. The third-order valence-corrected chi connectivity index (χ3v) is 9.11. The Morgan fingerprint density at radius 3 is 2.20 bits per heavy atom. The molecule has 0 heterocycles. The molecule has 0 fully saturated rings. The number of hydrogen-bond acceptors (Lipinski definition) is 5. The van der Waals surface area contributed by atoms with Crippen molar-refractivity contribution in [2.45, 2.75) is 58.4 Å². The Morgan fingerprint density at radius 2 is 1.90 bits per heavy atom. The average Bonchev–Trinajstić information content (AvgIpc) is 2.33. The van der Waals surface area contributed by atoms with E-state index in [4.69, 9.17) is 20.5 Å². The van der Waals surface area contributed by atoms with Crippen molar-refractivity contribution in [2.24, 2.45) is 16.8 Å². The van der Waals surface area contributed by atoms with Crippen molar-refractivity contribution in [3.05, 3.63) is 0 Å². The lowest BCUT2D eigenvalue weighted by Gasteiger charge is -2.44. The second kappa shape index (κ2) is 7.19. The third kappa shape index (κ3) is 4.57. The van der Waals surface area contributed by atoms with E-state index in [2.05, 4.69) is 45.9 Å². The van der Waals surface area contributed by atoms with Crippen molar-refractivity contribution in [1.29, 1.82) is 0 Å². The molecule has 20 heavy (non-hydrogen) atoms. The van der Waals surface area contributed by atoms with E-state index in [1.807, 2.05) is 0 Å². The summed E-state index contributed by atoms with van der Waals surface area (Å²) in [5.41, 5.74) is 5.34. The molecular formula is C13H28N2O4Si. The molecule has 0 aliphatic carbocycles. The minimum absolute atomic E-state index is 0.00688. The van der Waals surface area contributed by atoms with Gasteiger partial charge in [-0.25, -0.2) is 4.79 Å². The Labute approximate surface area is 122 Å². The Kier molecular flexibility index (Phi) is 6.86. The van der Waals surface area contributed by atoms with Gasteiger partial charge in [0, 0.05) is 13.0 Å².